The molecule has 0 saturated heterocycles. The van der Waals surface area contributed by atoms with E-state index in [0.29, 0.717) is 22.3 Å². The van der Waals surface area contributed by atoms with Gasteiger partial charge in [-0.2, -0.15) is 4.98 Å². The summed E-state index contributed by atoms with van der Waals surface area (Å²) in [5, 5.41) is 3.86. The second kappa shape index (κ2) is 4.31. The number of aryl methyl sites for hydroxylation is 2. The Morgan fingerprint density at radius 1 is 1.50 bits per heavy atom. The van der Waals surface area contributed by atoms with Crippen LogP contribution in [0.2, 0.25) is 4.34 Å². The standard InChI is InChI=1S/C9H9ClN4OS/c1-5-3-6(2)14(9(15)11-5)4-7-8(10)16-13-12-7/h3H,4H2,1-2H3. The van der Waals surface area contributed by atoms with E-state index in [4.69, 9.17) is 11.6 Å². The van der Waals surface area contributed by atoms with Crippen molar-refractivity contribution in [2.45, 2.75) is 20.4 Å². The zero-order valence-corrected chi connectivity index (χ0v) is 10.3. The zero-order chi connectivity index (χ0) is 11.7. The van der Waals surface area contributed by atoms with Gasteiger partial charge in [0.25, 0.3) is 0 Å². The largest absolute Gasteiger partial charge is 0.348 e. The SMILES string of the molecule is Cc1cc(C)n(Cc2nnsc2Cl)c(=O)n1. The van der Waals surface area contributed by atoms with Crippen LogP contribution >= 0.6 is 23.1 Å². The average Bonchev–Trinajstić information content (AvgIpc) is 2.57. The molecule has 0 saturated carbocycles. The second-order valence-electron chi connectivity index (χ2n) is 3.40. The summed E-state index contributed by atoms with van der Waals surface area (Å²) in [6, 6.07) is 1.84. The van der Waals surface area contributed by atoms with E-state index in [0.717, 1.165) is 17.2 Å². The first-order chi connectivity index (χ1) is 7.58. The molecule has 0 N–H and O–H groups in total. The Balaban J connectivity index is 2.43. The van der Waals surface area contributed by atoms with E-state index in [1.807, 2.05) is 13.0 Å². The monoisotopic (exact) mass is 256 g/mol. The van der Waals surface area contributed by atoms with Crippen molar-refractivity contribution in [3.8, 4) is 0 Å². The van der Waals surface area contributed by atoms with E-state index in [1.165, 1.54) is 4.57 Å². The van der Waals surface area contributed by atoms with Crippen LogP contribution in [-0.4, -0.2) is 19.1 Å². The molecule has 0 aliphatic heterocycles. The highest BCUT2D eigenvalue weighted by atomic mass is 35.5. The predicted molar refractivity (Wildman–Crippen MR) is 62.0 cm³/mol. The molecule has 0 aromatic carbocycles. The molecule has 2 heterocycles. The maximum absolute atomic E-state index is 11.7. The number of aromatic nitrogens is 4. The summed E-state index contributed by atoms with van der Waals surface area (Å²) in [6.07, 6.45) is 0. The lowest BCUT2D eigenvalue weighted by Gasteiger charge is -2.07. The number of nitrogens with zero attached hydrogens (tertiary/aromatic N) is 4. The van der Waals surface area contributed by atoms with E-state index in [9.17, 15) is 4.79 Å². The molecule has 0 atom stereocenters. The molecule has 84 valence electrons. The zero-order valence-electron chi connectivity index (χ0n) is 8.77. The minimum atomic E-state index is -0.290. The summed E-state index contributed by atoms with van der Waals surface area (Å²) in [5.74, 6) is 0. The molecular weight excluding hydrogens is 248 g/mol. The molecule has 0 bridgehead atoms. The summed E-state index contributed by atoms with van der Waals surface area (Å²) in [5.41, 5.74) is 1.85. The number of hydrogen-bond acceptors (Lipinski definition) is 5. The minimum absolute atomic E-state index is 0.290. The third-order valence-corrected chi connectivity index (χ3v) is 3.15. The molecule has 7 heteroatoms. The Bertz CT molecular complexity index is 577. The molecule has 0 aliphatic carbocycles. The molecule has 0 aliphatic rings. The fourth-order valence-electron chi connectivity index (χ4n) is 1.41. The van der Waals surface area contributed by atoms with Crippen LogP contribution in [0.25, 0.3) is 0 Å². The van der Waals surface area contributed by atoms with Gasteiger partial charge in [-0.25, -0.2) is 4.79 Å². The molecule has 0 unspecified atom stereocenters. The molecule has 0 amide bonds. The minimum Gasteiger partial charge on any atom is -0.290 e. The van der Waals surface area contributed by atoms with Crippen molar-refractivity contribution in [1.82, 2.24) is 19.1 Å². The summed E-state index contributed by atoms with van der Waals surface area (Å²) in [6.45, 7) is 3.95. The van der Waals surface area contributed by atoms with Crippen molar-refractivity contribution in [2.75, 3.05) is 0 Å². The average molecular weight is 257 g/mol. The quantitative estimate of drug-likeness (QED) is 0.815. The van der Waals surface area contributed by atoms with Gasteiger partial charge >= 0.3 is 5.69 Å². The molecule has 2 rings (SSSR count). The van der Waals surface area contributed by atoms with Crippen molar-refractivity contribution in [1.29, 1.82) is 0 Å². The van der Waals surface area contributed by atoms with Crippen LogP contribution < -0.4 is 5.69 Å². The van der Waals surface area contributed by atoms with Crippen molar-refractivity contribution in [2.24, 2.45) is 0 Å². The highest BCUT2D eigenvalue weighted by Crippen LogP contribution is 2.17. The van der Waals surface area contributed by atoms with Crippen molar-refractivity contribution < 1.29 is 0 Å². The van der Waals surface area contributed by atoms with E-state index in [2.05, 4.69) is 14.6 Å². The van der Waals surface area contributed by atoms with Crippen molar-refractivity contribution >= 4 is 23.1 Å². The Kier molecular flexibility index (Phi) is 3.02. The molecule has 16 heavy (non-hydrogen) atoms. The van der Waals surface area contributed by atoms with E-state index >= 15 is 0 Å². The van der Waals surface area contributed by atoms with Crippen LogP contribution in [0.4, 0.5) is 0 Å². The molecular formula is C9H9ClN4OS. The van der Waals surface area contributed by atoms with Crippen LogP contribution in [-0.2, 0) is 6.54 Å². The molecule has 5 nitrogen and oxygen atoms in total. The van der Waals surface area contributed by atoms with Gasteiger partial charge < -0.3 is 0 Å². The Morgan fingerprint density at radius 3 is 2.81 bits per heavy atom. The van der Waals surface area contributed by atoms with Gasteiger partial charge in [0.05, 0.1) is 6.54 Å². The first kappa shape index (κ1) is 11.2. The normalized spacial score (nSPS) is 10.7. The smallest absolute Gasteiger partial charge is 0.290 e. The highest BCUT2D eigenvalue weighted by molar-refractivity contribution is 7.10. The maximum atomic E-state index is 11.7. The lowest BCUT2D eigenvalue weighted by atomic mass is 10.3. The van der Waals surface area contributed by atoms with Gasteiger partial charge in [-0.3, -0.25) is 4.57 Å². The van der Waals surface area contributed by atoms with Crippen LogP contribution in [0, 0.1) is 13.8 Å². The second-order valence-corrected chi connectivity index (χ2v) is 4.76. The van der Waals surface area contributed by atoms with Gasteiger partial charge in [-0.15, -0.1) is 5.10 Å². The number of hydrogen-bond donors (Lipinski definition) is 0. The van der Waals surface area contributed by atoms with E-state index < -0.39 is 0 Å². The first-order valence-corrected chi connectivity index (χ1v) is 5.75. The summed E-state index contributed by atoms with van der Waals surface area (Å²) in [4.78, 5) is 15.5. The van der Waals surface area contributed by atoms with Gasteiger partial charge in [-0.05, 0) is 19.9 Å². The van der Waals surface area contributed by atoms with Gasteiger partial charge in [0.15, 0.2) is 0 Å². The summed E-state index contributed by atoms with van der Waals surface area (Å²) in [7, 11) is 0. The van der Waals surface area contributed by atoms with Crippen molar-refractivity contribution in [3.05, 3.63) is 38.0 Å². The number of halogens is 1. The predicted octanol–water partition coefficient (Wildman–Crippen LogP) is 1.41. The molecule has 0 fully saturated rings. The Hall–Kier alpha value is -1.27. The fourth-order valence-corrected chi connectivity index (χ4v) is 2.02. The van der Waals surface area contributed by atoms with Crippen LogP contribution in [0.3, 0.4) is 0 Å². The molecule has 2 aromatic heterocycles. The molecule has 0 spiro atoms. The van der Waals surface area contributed by atoms with E-state index in [1.54, 1.807) is 6.92 Å². The third-order valence-electron chi connectivity index (χ3n) is 2.16. The van der Waals surface area contributed by atoms with Crippen molar-refractivity contribution in [3.63, 3.8) is 0 Å². The maximum Gasteiger partial charge on any atom is 0.348 e. The molecule has 0 radical (unpaired) electrons. The Morgan fingerprint density at radius 2 is 2.25 bits per heavy atom. The molecule has 2 aromatic rings. The topological polar surface area (TPSA) is 60.7 Å². The Labute approximate surface area is 101 Å². The van der Waals surface area contributed by atoms with Gasteiger partial charge in [0.1, 0.15) is 10.0 Å². The lowest BCUT2D eigenvalue weighted by Crippen LogP contribution is -2.26. The summed E-state index contributed by atoms with van der Waals surface area (Å²) < 4.78 is 5.75. The lowest BCUT2D eigenvalue weighted by molar-refractivity contribution is 0.678. The first-order valence-electron chi connectivity index (χ1n) is 4.59. The third kappa shape index (κ3) is 2.12. The van der Waals surface area contributed by atoms with E-state index in [-0.39, 0.29) is 5.69 Å². The van der Waals surface area contributed by atoms with Crippen LogP contribution in [0.15, 0.2) is 10.9 Å². The van der Waals surface area contributed by atoms with Gasteiger partial charge in [0.2, 0.25) is 0 Å². The van der Waals surface area contributed by atoms with Gasteiger partial charge in [-0.1, -0.05) is 16.1 Å². The van der Waals surface area contributed by atoms with Crippen LogP contribution in [0.5, 0.6) is 0 Å². The number of rotatable bonds is 2. The highest BCUT2D eigenvalue weighted by Gasteiger charge is 2.09. The fraction of sp³-hybridized carbons (Fsp3) is 0.333. The van der Waals surface area contributed by atoms with Gasteiger partial charge in [0, 0.05) is 22.9 Å². The summed E-state index contributed by atoms with van der Waals surface area (Å²) >= 11 is 6.99. The van der Waals surface area contributed by atoms with Crippen LogP contribution in [0.1, 0.15) is 17.1 Å².